The van der Waals surface area contributed by atoms with Crippen LogP contribution in [0.15, 0.2) is 54.6 Å². The molecule has 130 valence electrons. The largest absolute Gasteiger partial charge is 0.351 e. The standard InChI is InChI=1S/C23H27NO/c25-22(21-12-6-5-11-20(21)18-13-14-18)24-17-23(15-7-2-8-16-23)19-9-3-1-4-10-19/h1,3-6,9-12,18H,2,7-8,13-17H2,(H,24,25). The number of hydrogen-bond donors (Lipinski definition) is 1. The van der Waals surface area contributed by atoms with Gasteiger partial charge in [0.2, 0.25) is 0 Å². The van der Waals surface area contributed by atoms with E-state index in [0.29, 0.717) is 5.92 Å². The highest BCUT2D eigenvalue weighted by molar-refractivity contribution is 5.96. The molecule has 0 heterocycles. The second-order valence-corrected chi connectivity index (χ2v) is 7.75. The van der Waals surface area contributed by atoms with Gasteiger partial charge in [0.05, 0.1) is 0 Å². The monoisotopic (exact) mass is 333 g/mol. The Bertz CT molecular complexity index is 727. The molecule has 0 unspecified atom stereocenters. The molecule has 2 aromatic rings. The molecule has 2 fully saturated rings. The topological polar surface area (TPSA) is 29.1 Å². The normalized spacial score (nSPS) is 19.4. The van der Waals surface area contributed by atoms with Crippen molar-refractivity contribution in [2.24, 2.45) is 0 Å². The number of carbonyl (C=O) groups is 1. The second kappa shape index (κ2) is 7.03. The maximum atomic E-state index is 12.9. The molecule has 0 aromatic heterocycles. The molecule has 2 aliphatic carbocycles. The van der Waals surface area contributed by atoms with Gasteiger partial charge in [0.15, 0.2) is 0 Å². The average molecular weight is 333 g/mol. The third kappa shape index (κ3) is 3.49. The lowest BCUT2D eigenvalue weighted by Gasteiger charge is -2.38. The highest BCUT2D eigenvalue weighted by Crippen LogP contribution is 2.42. The van der Waals surface area contributed by atoms with Gasteiger partial charge in [0.1, 0.15) is 0 Å². The molecule has 0 spiro atoms. The molecule has 0 bridgehead atoms. The van der Waals surface area contributed by atoms with Crippen molar-refractivity contribution in [2.75, 3.05) is 6.54 Å². The molecule has 2 heteroatoms. The van der Waals surface area contributed by atoms with Crippen molar-refractivity contribution in [2.45, 2.75) is 56.3 Å². The summed E-state index contributed by atoms with van der Waals surface area (Å²) in [4.78, 5) is 12.9. The van der Waals surface area contributed by atoms with Crippen LogP contribution in [-0.2, 0) is 5.41 Å². The fourth-order valence-electron chi connectivity index (χ4n) is 4.39. The number of rotatable bonds is 5. The summed E-state index contributed by atoms with van der Waals surface area (Å²) in [5, 5.41) is 3.29. The van der Waals surface area contributed by atoms with Crippen LogP contribution in [0.3, 0.4) is 0 Å². The van der Waals surface area contributed by atoms with E-state index in [2.05, 4.69) is 47.8 Å². The zero-order valence-corrected chi connectivity index (χ0v) is 14.8. The Morgan fingerprint density at radius 1 is 0.920 bits per heavy atom. The molecule has 1 N–H and O–H groups in total. The first kappa shape index (κ1) is 16.4. The molecule has 0 radical (unpaired) electrons. The number of carbonyl (C=O) groups excluding carboxylic acids is 1. The summed E-state index contributed by atoms with van der Waals surface area (Å²) in [7, 11) is 0. The summed E-state index contributed by atoms with van der Waals surface area (Å²) < 4.78 is 0. The summed E-state index contributed by atoms with van der Waals surface area (Å²) in [6, 6.07) is 18.9. The van der Waals surface area contributed by atoms with E-state index in [0.717, 1.165) is 12.1 Å². The Labute approximate surface area is 150 Å². The zero-order chi connectivity index (χ0) is 17.1. The maximum Gasteiger partial charge on any atom is 0.251 e. The lowest BCUT2D eigenvalue weighted by Crippen LogP contribution is -2.42. The number of amides is 1. The van der Waals surface area contributed by atoms with Gasteiger partial charge in [-0.2, -0.15) is 0 Å². The molecule has 2 aliphatic rings. The van der Waals surface area contributed by atoms with Crippen LogP contribution < -0.4 is 5.32 Å². The van der Waals surface area contributed by atoms with Gasteiger partial charge in [-0.3, -0.25) is 4.79 Å². The minimum atomic E-state index is 0.100. The number of benzene rings is 2. The summed E-state index contributed by atoms with van der Waals surface area (Å²) in [5.41, 5.74) is 3.59. The average Bonchev–Trinajstić information content (AvgIpc) is 3.53. The highest BCUT2D eigenvalue weighted by atomic mass is 16.1. The third-order valence-corrected chi connectivity index (χ3v) is 6.01. The van der Waals surface area contributed by atoms with Gasteiger partial charge >= 0.3 is 0 Å². The fraction of sp³-hybridized carbons (Fsp3) is 0.435. The number of nitrogens with one attached hydrogen (secondary N) is 1. The highest BCUT2D eigenvalue weighted by Gasteiger charge is 2.34. The lowest BCUT2D eigenvalue weighted by atomic mass is 9.69. The molecular formula is C23H27NO. The molecule has 2 saturated carbocycles. The van der Waals surface area contributed by atoms with Gasteiger partial charge in [-0.15, -0.1) is 0 Å². The minimum absolute atomic E-state index is 0.100. The van der Waals surface area contributed by atoms with Gasteiger partial charge in [-0.05, 0) is 48.8 Å². The molecular weight excluding hydrogens is 306 g/mol. The van der Waals surface area contributed by atoms with Crippen molar-refractivity contribution in [3.63, 3.8) is 0 Å². The van der Waals surface area contributed by atoms with Crippen molar-refractivity contribution in [1.82, 2.24) is 5.32 Å². The van der Waals surface area contributed by atoms with Gasteiger partial charge in [0.25, 0.3) is 5.91 Å². The van der Waals surface area contributed by atoms with Gasteiger partial charge in [-0.1, -0.05) is 67.8 Å². The van der Waals surface area contributed by atoms with E-state index in [1.54, 1.807) is 0 Å². The van der Waals surface area contributed by atoms with Gasteiger partial charge in [0, 0.05) is 17.5 Å². The van der Waals surface area contributed by atoms with Crippen LogP contribution in [0.4, 0.5) is 0 Å². The predicted octanol–water partition coefficient (Wildman–Crippen LogP) is 5.20. The fourth-order valence-corrected chi connectivity index (χ4v) is 4.39. The van der Waals surface area contributed by atoms with E-state index < -0.39 is 0 Å². The smallest absolute Gasteiger partial charge is 0.251 e. The van der Waals surface area contributed by atoms with E-state index in [1.165, 1.54) is 56.1 Å². The summed E-state index contributed by atoms with van der Waals surface area (Å²) in [5.74, 6) is 0.697. The maximum absolute atomic E-state index is 12.9. The Morgan fingerprint density at radius 3 is 2.32 bits per heavy atom. The van der Waals surface area contributed by atoms with Crippen molar-refractivity contribution < 1.29 is 4.79 Å². The Kier molecular flexibility index (Phi) is 4.61. The van der Waals surface area contributed by atoms with Gasteiger partial charge < -0.3 is 5.32 Å². The Morgan fingerprint density at radius 2 is 1.60 bits per heavy atom. The molecule has 0 saturated heterocycles. The molecule has 4 rings (SSSR count). The van der Waals surface area contributed by atoms with E-state index in [1.807, 2.05) is 12.1 Å². The van der Waals surface area contributed by atoms with E-state index >= 15 is 0 Å². The summed E-state index contributed by atoms with van der Waals surface area (Å²) in [6.07, 6.45) is 8.60. The van der Waals surface area contributed by atoms with Crippen LogP contribution in [0.25, 0.3) is 0 Å². The van der Waals surface area contributed by atoms with E-state index in [4.69, 9.17) is 0 Å². The quantitative estimate of drug-likeness (QED) is 0.801. The molecule has 2 aromatic carbocycles. The van der Waals surface area contributed by atoms with Crippen molar-refractivity contribution in [3.8, 4) is 0 Å². The molecule has 0 aliphatic heterocycles. The van der Waals surface area contributed by atoms with Crippen LogP contribution in [0, 0.1) is 0 Å². The summed E-state index contributed by atoms with van der Waals surface area (Å²) >= 11 is 0. The second-order valence-electron chi connectivity index (χ2n) is 7.75. The van der Waals surface area contributed by atoms with Crippen LogP contribution in [0.1, 0.15) is 72.3 Å². The van der Waals surface area contributed by atoms with E-state index in [-0.39, 0.29) is 11.3 Å². The molecule has 1 amide bonds. The van der Waals surface area contributed by atoms with Crippen molar-refractivity contribution >= 4 is 5.91 Å². The third-order valence-electron chi connectivity index (χ3n) is 6.01. The van der Waals surface area contributed by atoms with Crippen LogP contribution in [0.5, 0.6) is 0 Å². The first-order valence-corrected chi connectivity index (χ1v) is 9.71. The SMILES string of the molecule is O=C(NCC1(c2ccccc2)CCCCC1)c1ccccc1C1CC1. The number of hydrogen-bond acceptors (Lipinski definition) is 1. The minimum Gasteiger partial charge on any atom is -0.351 e. The molecule has 0 atom stereocenters. The summed E-state index contributed by atoms with van der Waals surface area (Å²) in [6.45, 7) is 0.745. The van der Waals surface area contributed by atoms with Crippen LogP contribution in [0.2, 0.25) is 0 Å². The lowest BCUT2D eigenvalue weighted by molar-refractivity contribution is 0.0935. The Balaban J connectivity index is 1.53. The first-order chi connectivity index (χ1) is 12.3. The predicted molar refractivity (Wildman–Crippen MR) is 102 cm³/mol. The van der Waals surface area contributed by atoms with Crippen LogP contribution >= 0.6 is 0 Å². The molecule has 2 nitrogen and oxygen atoms in total. The first-order valence-electron chi connectivity index (χ1n) is 9.71. The molecule has 25 heavy (non-hydrogen) atoms. The van der Waals surface area contributed by atoms with Crippen molar-refractivity contribution in [1.29, 1.82) is 0 Å². The van der Waals surface area contributed by atoms with Crippen LogP contribution in [-0.4, -0.2) is 12.5 Å². The van der Waals surface area contributed by atoms with E-state index in [9.17, 15) is 4.79 Å². The zero-order valence-electron chi connectivity index (χ0n) is 14.8. The van der Waals surface area contributed by atoms with Gasteiger partial charge in [-0.25, -0.2) is 0 Å². The Hall–Kier alpha value is -2.09. The van der Waals surface area contributed by atoms with Crippen molar-refractivity contribution in [3.05, 3.63) is 71.3 Å².